The number of benzene rings is 2. The van der Waals surface area contributed by atoms with E-state index in [2.05, 4.69) is 5.32 Å². The van der Waals surface area contributed by atoms with Crippen molar-refractivity contribution in [1.82, 2.24) is 5.32 Å². The molecule has 0 aliphatic carbocycles. The first-order valence-electron chi connectivity index (χ1n) is 7.93. The largest absolute Gasteiger partial charge is 0.493 e. The highest BCUT2D eigenvalue weighted by molar-refractivity contribution is 5.78. The minimum absolute atomic E-state index is 0.0903. The second-order valence-electron chi connectivity index (χ2n) is 5.81. The molecule has 1 aliphatic heterocycles. The molecule has 2 aromatic carbocycles. The Morgan fingerprint density at radius 1 is 1.36 bits per heavy atom. The van der Waals surface area contributed by atoms with E-state index in [0.717, 1.165) is 16.9 Å². The maximum Gasteiger partial charge on any atom is 0.310 e. The van der Waals surface area contributed by atoms with Gasteiger partial charge in [-0.3, -0.25) is 14.9 Å². The first kappa shape index (κ1) is 16.8. The van der Waals surface area contributed by atoms with Crippen molar-refractivity contribution in [1.29, 1.82) is 0 Å². The first-order valence-corrected chi connectivity index (χ1v) is 7.93. The predicted molar refractivity (Wildman–Crippen MR) is 90.8 cm³/mol. The van der Waals surface area contributed by atoms with Gasteiger partial charge in [0.1, 0.15) is 5.75 Å². The van der Waals surface area contributed by atoms with Gasteiger partial charge in [0.25, 0.3) is 5.91 Å². The van der Waals surface area contributed by atoms with Crippen LogP contribution in [0.25, 0.3) is 0 Å². The third-order valence-corrected chi connectivity index (χ3v) is 3.96. The second kappa shape index (κ2) is 7.21. The fourth-order valence-electron chi connectivity index (χ4n) is 2.76. The highest BCUT2D eigenvalue weighted by Gasteiger charge is 2.23. The van der Waals surface area contributed by atoms with Crippen molar-refractivity contribution in [3.63, 3.8) is 0 Å². The molecule has 2 aromatic rings. The zero-order valence-corrected chi connectivity index (χ0v) is 13.7. The van der Waals surface area contributed by atoms with Crippen LogP contribution >= 0.6 is 0 Å². The molecule has 25 heavy (non-hydrogen) atoms. The number of hydrogen-bond acceptors (Lipinski definition) is 5. The lowest BCUT2D eigenvalue weighted by Gasteiger charge is -2.26. The van der Waals surface area contributed by atoms with Crippen molar-refractivity contribution in [3.8, 4) is 11.5 Å². The fraction of sp³-hybridized carbons (Fsp3) is 0.278. The van der Waals surface area contributed by atoms with Crippen LogP contribution in [0.5, 0.6) is 11.5 Å². The maximum atomic E-state index is 12.2. The molecule has 3 rings (SSSR count). The zero-order valence-electron chi connectivity index (χ0n) is 13.7. The Labute approximate surface area is 144 Å². The van der Waals surface area contributed by atoms with E-state index in [-0.39, 0.29) is 30.0 Å². The lowest BCUT2D eigenvalue weighted by molar-refractivity contribution is -0.385. The number of amides is 1. The molecule has 1 unspecified atom stereocenters. The number of carbonyl (C=O) groups is 1. The average Bonchev–Trinajstić information content (AvgIpc) is 2.60. The molecule has 1 amide bonds. The highest BCUT2D eigenvalue weighted by Crippen LogP contribution is 2.31. The van der Waals surface area contributed by atoms with E-state index in [4.69, 9.17) is 9.47 Å². The van der Waals surface area contributed by atoms with E-state index in [1.165, 1.54) is 6.07 Å². The van der Waals surface area contributed by atoms with Crippen LogP contribution in [0, 0.1) is 17.0 Å². The van der Waals surface area contributed by atoms with Crippen molar-refractivity contribution in [2.24, 2.45) is 0 Å². The molecule has 1 N–H and O–H groups in total. The van der Waals surface area contributed by atoms with Gasteiger partial charge >= 0.3 is 5.69 Å². The third-order valence-electron chi connectivity index (χ3n) is 3.96. The summed E-state index contributed by atoms with van der Waals surface area (Å²) in [6.07, 6.45) is 0.660. The predicted octanol–water partition coefficient (Wildman–Crippen LogP) is 2.92. The number of nitro benzene ring substituents is 1. The third kappa shape index (κ3) is 3.88. The number of para-hydroxylation sites is 1. The number of nitro groups is 1. The summed E-state index contributed by atoms with van der Waals surface area (Å²) in [7, 11) is 0. The van der Waals surface area contributed by atoms with Gasteiger partial charge in [0.2, 0.25) is 0 Å². The van der Waals surface area contributed by atoms with E-state index >= 15 is 0 Å². The molecule has 130 valence electrons. The Balaban J connectivity index is 1.65. The van der Waals surface area contributed by atoms with Gasteiger partial charge in [0.05, 0.1) is 17.6 Å². The molecule has 7 nitrogen and oxygen atoms in total. The number of hydrogen-bond donors (Lipinski definition) is 1. The van der Waals surface area contributed by atoms with E-state index in [0.29, 0.717) is 13.0 Å². The Hall–Kier alpha value is -3.09. The second-order valence-corrected chi connectivity index (χ2v) is 5.81. The van der Waals surface area contributed by atoms with E-state index in [9.17, 15) is 14.9 Å². The quantitative estimate of drug-likeness (QED) is 0.666. The van der Waals surface area contributed by atoms with Gasteiger partial charge in [-0.25, -0.2) is 0 Å². The lowest BCUT2D eigenvalue weighted by Crippen LogP contribution is -2.35. The van der Waals surface area contributed by atoms with Crippen molar-refractivity contribution in [3.05, 3.63) is 63.7 Å². The van der Waals surface area contributed by atoms with Gasteiger partial charge in [-0.15, -0.1) is 0 Å². The van der Waals surface area contributed by atoms with Crippen LogP contribution < -0.4 is 14.8 Å². The summed E-state index contributed by atoms with van der Waals surface area (Å²) in [5, 5.41) is 13.9. The zero-order chi connectivity index (χ0) is 17.8. The van der Waals surface area contributed by atoms with Crippen LogP contribution in [0.1, 0.15) is 23.6 Å². The number of nitrogens with zero attached hydrogens (tertiary/aromatic N) is 1. The fourth-order valence-corrected chi connectivity index (χ4v) is 2.76. The van der Waals surface area contributed by atoms with Crippen LogP contribution in [0.15, 0.2) is 42.5 Å². The Kier molecular flexibility index (Phi) is 4.83. The molecule has 0 aromatic heterocycles. The molecule has 1 atom stereocenters. The van der Waals surface area contributed by atoms with E-state index in [1.54, 1.807) is 19.1 Å². The molecular weight excluding hydrogens is 324 g/mol. The molecule has 0 saturated heterocycles. The first-order chi connectivity index (χ1) is 12.0. The Morgan fingerprint density at radius 3 is 2.96 bits per heavy atom. The molecule has 0 spiro atoms. The number of ether oxygens (including phenoxy) is 2. The number of fused-ring (bicyclic) bond motifs is 1. The van der Waals surface area contributed by atoms with Gasteiger partial charge in [0.15, 0.2) is 12.4 Å². The standard InChI is InChI=1S/C18H18N2O5/c1-12-6-7-15(20(22)23)17(10-12)25-11-18(21)19-14-8-9-24-16-5-3-2-4-13(14)16/h2-7,10,14H,8-9,11H2,1H3,(H,19,21). The molecule has 1 aliphatic rings. The average molecular weight is 342 g/mol. The molecule has 7 heteroatoms. The van der Waals surface area contributed by atoms with Crippen LogP contribution in [0.4, 0.5) is 5.69 Å². The summed E-state index contributed by atoms with van der Waals surface area (Å²) in [6.45, 7) is 2.03. The SMILES string of the molecule is Cc1ccc([N+](=O)[O-])c(OCC(=O)NC2CCOc3ccccc32)c1. The number of nitrogens with one attached hydrogen (secondary N) is 1. The van der Waals surface area contributed by atoms with Gasteiger partial charge < -0.3 is 14.8 Å². The van der Waals surface area contributed by atoms with Crippen LogP contribution in [-0.2, 0) is 4.79 Å². The van der Waals surface area contributed by atoms with E-state index < -0.39 is 4.92 Å². The Morgan fingerprint density at radius 2 is 2.16 bits per heavy atom. The minimum Gasteiger partial charge on any atom is -0.493 e. The summed E-state index contributed by atoms with van der Waals surface area (Å²) in [4.78, 5) is 22.7. The smallest absolute Gasteiger partial charge is 0.310 e. The summed E-state index contributed by atoms with van der Waals surface area (Å²) in [6, 6.07) is 11.9. The van der Waals surface area contributed by atoms with Crippen LogP contribution in [-0.4, -0.2) is 24.0 Å². The molecule has 1 heterocycles. The van der Waals surface area contributed by atoms with Crippen molar-refractivity contribution >= 4 is 11.6 Å². The topological polar surface area (TPSA) is 90.7 Å². The normalized spacial score (nSPS) is 15.6. The molecule has 0 radical (unpaired) electrons. The number of rotatable bonds is 5. The van der Waals surface area contributed by atoms with Crippen LogP contribution in [0.3, 0.4) is 0 Å². The van der Waals surface area contributed by atoms with Gasteiger partial charge in [-0.2, -0.15) is 0 Å². The van der Waals surface area contributed by atoms with Gasteiger partial charge in [-0.05, 0) is 24.6 Å². The monoisotopic (exact) mass is 342 g/mol. The van der Waals surface area contributed by atoms with Crippen molar-refractivity contribution in [2.45, 2.75) is 19.4 Å². The van der Waals surface area contributed by atoms with Crippen molar-refractivity contribution < 1.29 is 19.2 Å². The van der Waals surface area contributed by atoms with Gasteiger partial charge in [-0.1, -0.05) is 24.3 Å². The molecule has 0 saturated carbocycles. The summed E-state index contributed by atoms with van der Waals surface area (Å²) >= 11 is 0. The summed E-state index contributed by atoms with van der Waals surface area (Å²) in [5.41, 5.74) is 1.58. The summed E-state index contributed by atoms with van der Waals surface area (Å²) < 4.78 is 10.9. The molecular formula is C18H18N2O5. The molecule has 0 bridgehead atoms. The minimum atomic E-state index is -0.526. The Bertz CT molecular complexity index is 806. The van der Waals surface area contributed by atoms with Crippen LogP contribution in [0.2, 0.25) is 0 Å². The van der Waals surface area contributed by atoms with Gasteiger partial charge in [0, 0.05) is 18.1 Å². The molecule has 0 fully saturated rings. The maximum absolute atomic E-state index is 12.2. The van der Waals surface area contributed by atoms with E-state index in [1.807, 2.05) is 24.3 Å². The van der Waals surface area contributed by atoms with Crippen molar-refractivity contribution in [2.75, 3.05) is 13.2 Å². The lowest BCUT2D eigenvalue weighted by atomic mass is 10.0. The number of carbonyl (C=O) groups excluding carboxylic acids is 1. The number of aryl methyl sites for hydroxylation is 1. The summed E-state index contributed by atoms with van der Waals surface area (Å²) in [5.74, 6) is 0.513. The highest BCUT2D eigenvalue weighted by atomic mass is 16.6.